The largest absolute Gasteiger partial charge is 0.462 e. The molecule has 0 saturated carbocycles. The first-order valence-corrected chi connectivity index (χ1v) is 6.97. The van der Waals surface area contributed by atoms with Crippen molar-refractivity contribution in [2.24, 2.45) is 5.41 Å². The van der Waals surface area contributed by atoms with E-state index < -0.39 is 5.97 Å². The van der Waals surface area contributed by atoms with E-state index in [0.717, 1.165) is 4.90 Å². The number of esters is 1. The van der Waals surface area contributed by atoms with Crippen molar-refractivity contribution in [3.8, 4) is 0 Å². The van der Waals surface area contributed by atoms with Crippen molar-refractivity contribution in [1.29, 1.82) is 0 Å². The summed E-state index contributed by atoms with van der Waals surface area (Å²) < 4.78 is 4.93. The van der Waals surface area contributed by atoms with Gasteiger partial charge in [-0.2, -0.15) is 0 Å². The van der Waals surface area contributed by atoms with Gasteiger partial charge in [0.25, 0.3) is 0 Å². The molecule has 1 heterocycles. The molecule has 0 aliphatic carbocycles. The van der Waals surface area contributed by atoms with E-state index in [1.807, 2.05) is 13.8 Å². The number of ether oxygens (including phenoxy) is 1. The van der Waals surface area contributed by atoms with Crippen molar-refractivity contribution in [1.82, 2.24) is 0 Å². The molecule has 0 unspecified atom stereocenters. The number of hydrogen-bond acceptors (Lipinski definition) is 4. The van der Waals surface area contributed by atoms with Crippen LogP contribution in [0.5, 0.6) is 0 Å². The SMILES string of the molecule is CCOC(=O)c1cccc(N2C(=O)CC(C)(C)CC2=O)c1. The molecule has 2 amide bonds. The summed E-state index contributed by atoms with van der Waals surface area (Å²) in [6.07, 6.45) is 0.616. The lowest BCUT2D eigenvalue weighted by atomic mass is 9.81. The third-order valence-corrected chi connectivity index (χ3v) is 3.37. The fourth-order valence-electron chi connectivity index (χ4n) is 2.45. The van der Waals surface area contributed by atoms with Gasteiger partial charge in [-0.15, -0.1) is 0 Å². The Balaban J connectivity index is 2.30. The van der Waals surface area contributed by atoms with Gasteiger partial charge in [0.05, 0.1) is 17.9 Å². The van der Waals surface area contributed by atoms with Crippen molar-refractivity contribution in [3.63, 3.8) is 0 Å². The lowest BCUT2D eigenvalue weighted by Crippen LogP contribution is -2.46. The molecule has 1 fully saturated rings. The minimum atomic E-state index is -0.461. The van der Waals surface area contributed by atoms with E-state index in [1.54, 1.807) is 25.1 Å². The minimum absolute atomic E-state index is 0.239. The van der Waals surface area contributed by atoms with Crippen LogP contribution in [0.15, 0.2) is 24.3 Å². The fraction of sp³-hybridized carbons (Fsp3) is 0.438. The molecule has 0 radical (unpaired) electrons. The second-order valence-electron chi connectivity index (χ2n) is 5.91. The number of carbonyl (C=O) groups excluding carboxylic acids is 3. The van der Waals surface area contributed by atoms with E-state index in [-0.39, 0.29) is 23.8 Å². The summed E-state index contributed by atoms with van der Waals surface area (Å²) in [7, 11) is 0. The van der Waals surface area contributed by atoms with Crippen LogP contribution in [0.25, 0.3) is 0 Å². The van der Waals surface area contributed by atoms with Gasteiger partial charge in [-0.3, -0.25) is 14.5 Å². The Morgan fingerprint density at radius 3 is 2.43 bits per heavy atom. The summed E-state index contributed by atoms with van der Waals surface area (Å²) in [4.78, 5) is 37.3. The minimum Gasteiger partial charge on any atom is -0.462 e. The van der Waals surface area contributed by atoms with Gasteiger partial charge in [0.2, 0.25) is 11.8 Å². The summed E-state index contributed by atoms with van der Waals surface area (Å²) in [5.41, 5.74) is 0.439. The smallest absolute Gasteiger partial charge is 0.338 e. The van der Waals surface area contributed by atoms with Gasteiger partial charge >= 0.3 is 5.97 Å². The van der Waals surface area contributed by atoms with Gasteiger partial charge in [-0.05, 0) is 30.5 Å². The van der Waals surface area contributed by atoms with Gasteiger partial charge in [0, 0.05) is 12.8 Å². The molecular formula is C16H19NO4. The van der Waals surface area contributed by atoms with Crippen LogP contribution in [0.4, 0.5) is 5.69 Å². The Morgan fingerprint density at radius 2 is 1.86 bits per heavy atom. The maximum atomic E-state index is 12.2. The van der Waals surface area contributed by atoms with Crippen molar-refractivity contribution < 1.29 is 19.1 Å². The number of anilines is 1. The highest BCUT2D eigenvalue weighted by atomic mass is 16.5. The Kier molecular flexibility index (Phi) is 4.11. The Morgan fingerprint density at radius 1 is 1.24 bits per heavy atom. The Hall–Kier alpha value is -2.17. The summed E-state index contributed by atoms with van der Waals surface area (Å²) in [5.74, 6) is -0.939. The van der Waals surface area contributed by atoms with Crippen LogP contribution >= 0.6 is 0 Å². The predicted molar refractivity (Wildman–Crippen MR) is 77.9 cm³/mol. The number of hydrogen-bond donors (Lipinski definition) is 0. The first kappa shape index (κ1) is 15.2. The van der Waals surface area contributed by atoms with Crippen molar-refractivity contribution in [3.05, 3.63) is 29.8 Å². The lowest BCUT2D eigenvalue weighted by Gasteiger charge is -2.34. The van der Waals surface area contributed by atoms with E-state index in [0.29, 0.717) is 24.1 Å². The monoisotopic (exact) mass is 289 g/mol. The molecule has 5 nitrogen and oxygen atoms in total. The van der Waals surface area contributed by atoms with Crippen LogP contribution in [0.2, 0.25) is 0 Å². The average molecular weight is 289 g/mol. The molecule has 1 aliphatic heterocycles. The number of rotatable bonds is 3. The van der Waals surface area contributed by atoms with E-state index in [4.69, 9.17) is 4.74 Å². The molecule has 1 aromatic rings. The van der Waals surface area contributed by atoms with Crippen LogP contribution in [0, 0.1) is 5.41 Å². The molecule has 1 aromatic carbocycles. The molecule has 0 aromatic heterocycles. The van der Waals surface area contributed by atoms with Gasteiger partial charge in [0.15, 0.2) is 0 Å². The molecule has 0 spiro atoms. The molecule has 1 aliphatic rings. The quantitative estimate of drug-likeness (QED) is 0.633. The zero-order chi connectivity index (χ0) is 15.6. The van der Waals surface area contributed by atoms with E-state index in [9.17, 15) is 14.4 Å². The third kappa shape index (κ3) is 3.29. The molecular weight excluding hydrogens is 270 g/mol. The summed E-state index contributed by atoms with van der Waals surface area (Å²) >= 11 is 0. The number of nitrogens with zero attached hydrogens (tertiary/aromatic N) is 1. The van der Waals surface area contributed by atoms with Crippen LogP contribution in [0.3, 0.4) is 0 Å². The van der Waals surface area contributed by atoms with E-state index in [2.05, 4.69) is 0 Å². The third-order valence-electron chi connectivity index (χ3n) is 3.37. The molecule has 5 heteroatoms. The maximum Gasteiger partial charge on any atom is 0.338 e. The highest BCUT2D eigenvalue weighted by molar-refractivity contribution is 6.17. The summed E-state index contributed by atoms with van der Waals surface area (Å²) in [5, 5.41) is 0. The lowest BCUT2D eigenvalue weighted by molar-refractivity contribution is -0.132. The van der Waals surface area contributed by atoms with Crippen LogP contribution in [-0.4, -0.2) is 24.4 Å². The zero-order valence-electron chi connectivity index (χ0n) is 12.5. The Labute approximate surface area is 123 Å². The van der Waals surface area contributed by atoms with E-state index >= 15 is 0 Å². The molecule has 2 rings (SSSR count). The first-order valence-electron chi connectivity index (χ1n) is 6.97. The van der Waals surface area contributed by atoms with Crippen molar-refractivity contribution >= 4 is 23.5 Å². The number of imide groups is 1. The normalized spacial score (nSPS) is 17.8. The van der Waals surface area contributed by atoms with Gasteiger partial charge in [-0.1, -0.05) is 19.9 Å². The molecule has 0 atom stereocenters. The zero-order valence-corrected chi connectivity index (χ0v) is 12.5. The molecule has 21 heavy (non-hydrogen) atoms. The second kappa shape index (κ2) is 5.68. The highest BCUT2D eigenvalue weighted by Gasteiger charge is 2.38. The predicted octanol–water partition coefficient (Wildman–Crippen LogP) is 2.54. The maximum absolute atomic E-state index is 12.2. The van der Waals surface area contributed by atoms with Gasteiger partial charge < -0.3 is 4.74 Å². The van der Waals surface area contributed by atoms with Crippen molar-refractivity contribution in [2.75, 3.05) is 11.5 Å². The summed E-state index contributed by atoms with van der Waals surface area (Å²) in [6, 6.07) is 6.41. The average Bonchev–Trinajstić information content (AvgIpc) is 2.37. The standard InChI is InChI=1S/C16H19NO4/c1-4-21-15(20)11-6-5-7-12(8-11)17-13(18)9-16(2,3)10-14(17)19/h5-8H,4,9-10H2,1-3H3. The Bertz CT molecular complexity index is 572. The molecule has 0 bridgehead atoms. The fourth-order valence-corrected chi connectivity index (χ4v) is 2.45. The summed E-state index contributed by atoms with van der Waals surface area (Å²) in [6.45, 7) is 5.80. The van der Waals surface area contributed by atoms with Gasteiger partial charge in [-0.25, -0.2) is 4.79 Å². The first-order chi connectivity index (χ1) is 9.84. The molecule has 0 N–H and O–H groups in total. The highest BCUT2D eigenvalue weighted by Crippen LogP contribution is 2.34. The number of amides is 2. The molecule has 1 saturated heterocycles. The second-order valence-corrected chi connectivity index (χ2v) is 5.91. The van der Waals surface area contributed by atoms with Crippen molar-refractivity contribution in [2.45, 2.75) is 33.6 Å². The van der Waals surface area contributed by atoms with Crippen LogP contribution < -0.4 is 4.90 Å². The molecule has 112 valence electrons. The van der Waals surface area contributed by atoms with Gasteiger partial charge in [0.1, 0.15) is 0 Å². The van der Waals surface area contributed by atoms with E-state index in [1.165, 1.54) is 6.07 Å². The number of piperidine rings is 1. The van der Waals surface area contributed by atoms with Crippen LogP contribution in [-0.2, 0) is 14.3 Å². The number of carbonyl (C=O) groups is 3. The topological polar surface area (TPSA) is 63.7 Å². The number of benzene rings is 1. The van der Waals surface area contributed by atoms with Crippen LogP contribution in [0.1, 0.15) is 44.0 Å².